The van der Waals surface area contributed by atoms with Crippen LogP contribution in [0.2, 0.25) is 0 Å². The van der Waals surface area contributed by atoms with E-state index in [-0.39, 0.29) is 10.8 Å². The summed E-state index contributed by atoms with van der Waals surface area (Å²) in [4.78, 5) is 4.85. The average Bonchev–Trinajstić information content (AvgIpc) is 3.78. The summed E-state index contributed by atoms with van der Waals surface area (Å²) in [5.74, 6) is 2.07. The van der Waals surface area contributed by atoms with Crippen LogP contribution in [-0.4, -0.2) is 18.7 Å². The van der Waals surface area contributed by atoms with Crippen LogP contribution in [0.1, 0.15) is 51.7 Å². The molecule has 10 aromatic rings. The molecule has 6 heteroatoms. The van der Waals surface area contributed by atoms with Gasteiger partial charge >= 0.3 is 294 Å². The summed E-state index contributed by atoms with van der Waals surface area (Å²) < 4.78 is 14.7. The number of ether oxygens (including phenoxy) is 1. The van der Waals surface area contributed by atoms with Gasteiger partial charge in [-0.25, -0.2) is 0 Å². The van der Waals surface area contributed by atoms with Gasteiger partial charge in [-0.1, -0.05) is 33.8 Å². The van der Waals surface area contributed by atoms with E-state index in [0.717, 1.165) is 83.5 Å². The molecule has 0 N–H and O–H groups in total. The molecule has 11 rings (SSSR count). The molecule has 306 valence electrons. The number of imidazole rings is 1. The number of para-hydroxylation sites is 3. The van der Waals surface area contributed by atoms with E-state index in [4.69, 9.17) is 9.72 Å². The zero-order chi connectivity index (χ0) is 42.2. The van der Waals surface area contributed by atoms with Crippen LogP contribution in [0.25, 0.3) is 72.3 Å². The molecular weight excluding hydrogens is 940 g/mol. The first kappa shape index (κ1) is 38.4. The third-order valence-electron chi connectivity index (χ3n) is 12.8. The van der Waals surface area contributed by atoms with Crippen molar-refractivity contribution in [3.63, 3.8) is 0 Å². The van der Waals surface area contributed by atoms with Crippen molar-refractivity contribution in [2.75, 3.05) is 0 Å². The molecule has 0 atom stereocenters. The van der Waals surface area contributed by atoms with Crippen LogP contribution >= 0.6 is 0 Å². The average molecular weight is 984 g/mol. The van der Waals surface area contributed by atoms with Crippen molar-refractivity contribution in [1.82, 2.24) is 18.7 Å². The molecule has 0 amide bonds. The molecule has 7 aromatic carbocycles. The number of hydrogen-bond acceptors (Lipinski definition) is 2. The number of fused-ring (bicyclic) bond motifs is 5. The molecule has 0 spiro atoms. The molecule has 62 heavy (non-hydrogen) atoms. The minimum atomic E-state index is 0.0704. The van der Waals surface area contributed by atoms with Gasteiger partial charge in [-0.05, 0) is 40.9 Å². The summed E-state index contributed by atoms with van der Waals surface area (Å²) in [5.41, 5.74) is 13.8. The van der Waals surface area contributed by atoms with E-state index in [1.54, 1.807) is 0 Å². The predicted molar refractivity (Wildman–Crippen MR) is 248 cm³/mol. The van der Waals surface area contributed by atoms with Gasteiger partial charge in [0.2, 0.25) is 0 Å². The van der Waals surface area contributed by atoms with Crippen molar-refractivity contribution in [2.45, 2.75) is 51.4 Å². The Morgan fingerprint density at radius 3 is 1.79 bits per heavy atom. The zero-order valence-corrected chi connectivity index (χ0v) is 37.4. The normalized spacial score (nSPS) is 14.4. The molecular formula is C56H44N4OPt-2. The molecule has 1 aliphatic carbocycles. The number of benzene rings is 7. The summed E-state index contributed by atoms with van der Waals surface area (Å²) >= 11 is 2.48. The Kier molecular flexibility index (Phi) is 9.17. The summed E-state index contributed by atoms with van der Waals surface area (Å²) in [6.07, 6.45) is 4.17. The Balaban J connectivity index is 1.05. The standard InChI is InChI=1S/C56H44N4O.Pt/c1-55(2)30-31-56(3,4)48-36-52-46(35-47(48)55)45-29-28-42(34-51(45)60(52)53-27-13-14-32-57-53)61-41-22-15-21-40(33-41)58-37-59(50-26-12-11-25-49(50)58)54-43(38-17-7-5-8-18-38)23-16-24-44(54)39-19-9-6-10-20-39;/h5-29,32,35-36H,30-31H2,1-4H3;/q-2;. The molecule has 0 radical (unpaired) electrons. The van der Waals surface area contributed by atoms with E-state index in [9.17, 15) is 0 Å². The van der Waals surface area contributed by atoms with E-state index in [1.165, 1.54) is 16.5 Å². The maximum absolute atomic E-state index is 6.73. The van der Waals surface area contributed by atoms with Gasteiger partial charge in [0, 0.05) is 6.20 Å². The van der Waals surface area contributed by atoms with Crippen LogP contribution in [0.15, 0.2) is 170 Å². The van der Waals surface area contributed by atoms with Crippen LogP contribution < -0.4 is 4.74 Å². The first-order chi connectivity index (χ1) is 30.2. The van der Waals surface area contributed by atoms with Gasteiger partial charge in [-0.3, -0.25) is 0 Å². The Bertz CT molecular complexity index is 3340. The molecule has 0 saturated heterocycles. The number of hydrogen-bond donors (Lipinski definition) is 0. The minimum absolute atomic E-state index is 0.0704. The first-order valence-electron chi connectivity index (χ1n) is 21.3. The monoisotopic (exact) mass is 983 g/mol. The van der Waals surface area contributed by atoms with Gasteiger partial charge < -0.3 is 0 Å². The third kappa shape index (κ3) is 6.33. The first-order valence-corrected chi connectivity index (χ1v) is 22.4. The summed E-state index contributed by atoms with van der Waals surface area (Å²) in [6, 6.07) is 65.2. The molecule has 0 unspecified atom stereocenters. The molecule has 3 heterocycles. The van der Waals surface area contributed by atoms with Crippen LogP contribution in [0.3, 0.4) is 0 Å². The van der Waals surface area contributed by atoms with Crippen LogP contribution in [-0.2, 0) is 30.2 Å². The van der Waals surface area contributed by atoms with E-state index in [1.807, 2.05) is 36.5 Å². The SMILES string of the molecule is CC1(C)CCC(C)(C)c2cc3c(cc21)c1ccc(Oc2[c-]c(-n4[c](=[Pt])n(-c5c(-c6ccccc6)cccc5-c5ccccc5)c5ccccc54)ccc2)[c-]c1n3-c1ccccn1. The number of aromatic nitrogens is 4. The molecule has 5 nitrogen and oxygen atoms in total. The number of pyridine rings is 1. The number of nitrogens with zero attached hydrogens (tertiary/aromatic N) is 4. The van der Waals surface area contributed by atoms with E-state index in [2.05, 4.69) is 206 Å². The van der Waals surface area contributed by atoms with Crippen LogP contribution in [0.5, 0.6) is 11.5 Å². The predicted octanol–water partition coefficient (Wildman–Crippen LogP) is 14.1. The van der Waals surface area contributed by atoms with Gasteiger partial charge in [0.25, 0.3) is 0 Å². The van der Waals surface area contributed by atoms with Gasteiger partial charge in [0.15, 0.2) is 0 Å². The Labute approximate surface area is 372 Å². The van der Waals surface area contributed by atoms with Crippen molar-refractivity contribution < 1.29 is 24.1 Å². The second-order valence-corrected chi connectivity index (χ2v) is 18.6. The van der Waals surface area contributed by atoms with Crippen molar-refractivity contribution >= 4 is 32.8 Å². The van der Waals surface area contributed by atoms with Crippen molar-refractivity contribution in [3.05, 3.63) is 197 Å². The summed E-state index contributed by atoms with van der Waals surface area (Å²) in [5, 5.41) is 2.33. The fourth-order valence-corrected chi connectivity index (χ4v) is 10.6. The van der Waals surface area contributed by atoms with Gasteiger partial charge in [0.1, 0.15) is 0 Å². The Morgan fingerprint density at radius 2 is 1.13 bits per heavy atom. The van der Waals surface area contributed by atoms with Gasteiger partial charge in [-0.15, -0.1) is 0 Å². The molecule has 3 aromatic heterocycles. The Morgan fingerprint density at radius 1 is 0.532 bits per heavy atom. The Hall–Kier alpha value is -6.55. The van der Waals surface area contributed by atoms with Gasteiger partial charge in [0.05, 0.1) is 0 Å². The quantitative estimate of drug-likeness (QED) is 0.149. The number of rotatable bonds is 7. The zero-order valence-electron chi connectivity index (χ0n) is 35.1. The minimum Gasteiger partial charge on any atom is -0.0570 e. The topological polar surface area (TPSA) is 36.9 Å². The molecule has 1 aliphatic rings. The summed E-state index contributed by atoms with van der Waals surface area (Å²) in [6.45, 7) is 9.53. The fourth-order valence-electron chi connectivity index (χ4n) is 9.55. The molecule has 0 saturated carbocycles. The smallest absolute Gasteiger partial charge is 0.0570 e. The van der Waals surface area contributed by atoms with E-state index in [0.29, 0.717) is 11.5 Å². The molecule has 0 fully saturated rings. The van der Waals surface area contributed by atoms with Crippen LogP contribution in [0.4, 0.5) is 0 Å². The fraction of sp³-hybridized carbons (Fsp3) is 0.143. The van der Waals surface area contributed by atoms with E-state index < -0.39 is 0 Å². The summed E-state index contributed by atoms with van der Waals surface area (Å²) in [7, 11) is 0. The second kappa shape index (κ2) is 14.8. The third-order valence-corrected chi connectivity index (χ3v) is 13.9. The maximum atomic E-state index is 6.73. The second-order valence-electron chi connectivity index (χ2n) is 17.6. The van der Waals surface area contributed by atoms with Crippen molar-refractivity contribution in [3.8, 4) is 50.9 Å². The van der Waals surface area contributed by atoms with Crippen molar-refractivity contribution in [2.24, 2.45) is 0 Å². The van der Waals surface area contributed by atoms with Crippen LogP contribution in [0, 0.1) is 15.9 Å². The molecule has 0 bridgehead atoms. The molecule has 0 aliphatic heterocycles. The van der Waals surface area contributed by atoms with E-state index >= 15 is 0 Å². The van der Waals surface area contributed by atoms with Crippen molar-refractivity contribution in [1.29, 1.82) is 0 Å². The van der Waals surface area contributed by atoms with Gasteiger partial charge in [-0.2, -0.15) is 0 Å².